The van der Waals surface area contributed by atoms with Gasteiger partial charge in [-0.3, -0.25) is 4.79 Å². The molecular weight excluding hydrogens is 383 g/mol. The van der Waals surface area contributed by atoms with Crippen molar-refractivity contribution in [2.24, 2.45) is 0 Å². The summed E-state index contributed by atoms with van der Waals surface area (Å²) in [6.45, 7) is 2.43. The topological polar surface area (TPSA) is 58.6 Å². The van der Waals surface area contributed by atoms with Gasteiger partial charge in [-0.25, -0.2) is 0 Å². The molecule has 8 heteroatoms. The Morgan fingerprint density at radius 1 is 1.33 bits per heavy atom. The van der Waals surface area contributed by atoms with Gasteiger partial charge in [-0.2, -0.15) is 13.2 Å². The summed E-state index contributed by atoms with van der Waals surface area (Å²) < 4.78 is 41.9. The summed E-state index contributed by atoms with van der Waals surface area (Å²) >= 11 is 6.03. The molecule has 0 aromatic heterocycles. The number of hydrogen-bond acceptors (Lipinski definition) is 3. The predicted molar refractivity (Wildman–Crippen MR) is 97.7 cm³/mol. The van der Waals surface area contributed by atoms with Crippen LogP contribution in [0.1, 0.15) is 42.4 Å². The van der Waals surface area contributed by atoms with E-state index in [1.165, 1.54) is 0 Å². The van der Waals surface area contributed by atoms with E-state index in [0.717, 1.165) is 16.7 Å². The Morgan fingerprint density at radius 2 is 1.89 bits per heavy atom. The van der Waals surface area contributed by atoms with E-state index < -0.39 is 24.4 Å². The molecule has 1 aromatic carbocycles. The number of alkyl halides is 3. The van der Waals surface area contributed by atoms with Crippen molar-refractivity contribution in [2.45, 2.75) is 57.3 Å². The van der Waals surface area contributed by atoms with E-state index in [0.29, 0.717) is 24.3 Å². The molecule has 1 aliphatic rings. The molecule has 150 valence electrons. The number of aliphatic hydroxyl groups is 1. The lowest BCUT2D eigenvalue weighted by Crippen LogP contribution is -2.50. The van der Waals surface area contributed by atoms with Crippen LogP contribution in [0.5, 0.6) is 0 Å². The summed E-state index contributed by atoms with van der Waals surface area (Å²) in [6, 6.07) is 3.55. The van der Waals surface area contributed by atoms with Crippen LogP contribution in [0.4, 0.5) is 13.2 Å². The Labute approximate surface area is 161 Å². The van der Waals surface area contributed by atoms with Crippen LogP contribution in [-0.4, -0.2) is 35.9 Å². The molecule has 0 atom stereocenters. The van der Waals surface area contributed by atoms with Crippen LogP contribution in [0.25, 0.3) is 6.08 Å². The van der Waals surface area contributed by atoms with Gasteiger partial charge < -0.3 is 15.2 Å². The van der Waals surface area contributed by atoms with Crippen molar-refractivity contribution in [1.29, 1.82) is 0 Å². The fourth-order valence-corrected chi connectivity index (χ4v) is 3.80. The fraction of sp³-hybridized carbons (Fsp3) is 0.526. The molecule has 0 heterocycles. The van der Waals surface area contributed by atoms with Gasteiger partial charge in [0, 0.05) is 5.02 Å². The van der Waals surface area contributed by atoms with E-state index in [-0.39, 0.29) is 18.6 Å². The Kier molecular flexibility index (Phi) is 6.81. The molecule has 1 amide bonds. The normalized spacial score (nSPS) is 23.9. The summed E-state index contributed by atoms with van der Waals surface area (Å²) in [4.78, 5) is 11.1. The minimum Gasteiger partial charge on any atom is -0.510 e. The van der Waals surface area contributed by atoms with Crippen molar-refractivity contribution < 1.29 is 27.8 Å². The highest BCUT2D eigenvalue weighted by Gasteiger charge is 2.40. The molecule has 1 fully saturated rings. The minimum atomic E-state index is -4.37. The maximum absolute atomic E-state index is 12.3. The summed E-state index contributed by atoms with van der Waals surface area (Å²) in [6.07, 6.45) is -1.68. The Morgan fingerprint density at radius 3 is 2.37 bits per heavy atom. The number of benzene rings is 1. The van der Waals surface area contributed by atoms with Crippen LogP contribution in [0.2, 0.25) is 5.02 Å². The molecule has 27 heavy (non-hydrogen) atoms. The Hall–Kier alpha value is -1.73. The van der Waals surface area contributed by atoms with Crippen molar-refractivity contribution in [3.05, 3.63) is 39.6 Å². The molecular formula is C19H23ClF3NO3. The van der Waals surface area contributed by atoms with Gasteiger partial charge >= 0.3 is 6.18 Å². The number of aryl methyl sites for hydroxylation is 2. The minimum absolute atomic E-state index is 0.0302. The number of halogens is 4. The van der Waals surface area contributed by atoms with Crippen molar-refractivity contribution in [1.82, 2.24) is 5.32 Å². The van der Waals surface area contributed by atoms with Gasteiger partial charge in [-0.05, 0) is 74.4 Å². The number of rotatable bonds is 6. The molecule has 0 aliphatic heterocycles. The Bertz CT molecular complexity index is 688. The highest BCUT2D eigenvalue weighted by molar-refractivity contribution is 6.30. The van der Waals surface area contributed by atoms with Crippen LogP contribution in [0.15, 0.2) is 17.9 Å². The molecule has 0 bridgehead atoms. The van der Waals surface area contributed by atoms with E-state index >= 15 is 0 Å². The van der Waals surface area contributed by atoms with Gasteiger partial charge in [-0.1, -0.05) is 11.6 Å². The van der Waals surface area contributed by atoms with Crippen molar-refractivity contribution in [3.63, 3.8) is 0 Å². The van der Waals surface area contributed by atoms with Crippen molar-refractivity contribution in [3.8, 4) is 0 Å². The zero-order valence-electron chi connectivity index (χ0n) is 15.2. The van der Waals surface area contributed by atoms with Gasteiger partial charge in [-0.15, -0.1) is 0 Å². The van der Waals surface area contributed by atoms with E-state index in [1.54, 1.807) is 18.2 Å². The lowest BCUT2D eigenvalue weighted by Gasteiger charge is -2.39. The number of carbonyl (C=O) groups is 1. The second-order valence-electron chi connectivity index (χ2n) is 6.95. The highest BCUT2D eigenvalue weighted by Crippen LogP contribution is 2.36. The van der Waals surface area contributed by atoms with E-state index in [2.05, 4.69) is 5.32 Å². The first-order valence-corrected chi connectivity index (χ1v) is 9.02. The monoisotopic (exact) mass is 405 g/mol. The molecule has 0 radical (unpaired) electrons. The van der Waals surface area contributed by atoms with Gasteiger partial charge in [0.25, 0.3) is 0 Å². The molecule has 1 aliphatic carbocycles. The average Bonchev–Trinajstić information content (AvgIpc) is 2.56. The first kappa shape index (κ1) is 21.6. The third-order valence-electron chi connectivity index (χ3n) is 4.93. The van der Waals surface area contributed by atoms with Gasteiger partial charge in [0.05, 0.1) is 11.6 Å². The molecule has 0 saturated heterocycles. The average molecular weight is 406 g/mol. The molecule has 1 saturated carbocycles. The predicted octanol–water partition coefficient (Wildman–Crippen LogP) is 4.86. The van der Waals surface area contributed by atoms with Crippen LogP contribution in [0.3, 0.4) is 0 Å². The highest BCUT2D eigenvalue weighted by atomic mass is 35.5. The lowest BCUT2D eigenvalue weighted by atomic mass is 9.78. The van der Waals surface area contributed by atoms with Crippen molar-refractivity contribution >= 4 is 24.1 Å². The fourth-order valence-electron chi connectivity index (χ4n) is 3.47. The summed E-state index contributed by atoms with van der Waals surface area (Å²) in [5.41, 5.74) is 1.52. The molecule has 2 N–H and O–H groups in total. The molecule has 2 rings (SSSR count). The summed E-state index contributed by atoms with van der Waals surface area (Å²) in [5, 5.41) is 14.0. The van der Waals surface area contributed by atoms with Crippen LogP contribution in [0, 0.1) is 13.8 Å². The zero-order chi connectivity index (χ0) is 20.2. The molecule has 4 nitrogen and oxygen atoms in total. The summed E-state index contributed by atoms with van der Waals surface area (Å²) in [5.74, 6) is -0.0302. The number of amides is 1. The maximum atomic E-state index is 12.3. The van der Waals surface area contributed by atoms with Crippen LogP contribution >= 0.6 is 11.6 Å². The molecule has 0 spiro atoms. The smallest absolute Gasteiger partial charge is 0.411 e. The van der Waals surface area contributed by atoms with Gasteiger partial charge in [0.2, 0.25) is 6.41 Å². The van der Waals surface area contributed by atoms with Crippen molar-refractivity contribution in [2.75, 3.05) is 6.61 Å². The summed E-state index contributed by atoms with van der Waals surface area (Å²) in [7, 11) is 0. The number of nitrogens with one attached hydrogen (secondary N) is 1. The Balaban J connectivity index is 2.19. The number of hydrogen-bond donors (Lipinski definition) is 2. The standard InChI is InChI=1S/C19H23ClF3NO3/c1-12-7-14(20)8-13(2)16(12)9-17(26)18(24-11-25)5-3-15(4-6-18)27-10-19(21,22)23/h7-9,11,15,26H,3-6,10H2,1-2H3,(H,24,25)/b17-9-/t15-,18+. The van der Waals surface area contributed by atoms with E-state index in [4.69, 9.17) is 16.3 Å². The van der Waals surface area contributed by atoms with Crippen LogP contribution < -0.4 is 5.32 Å². The van der Waals surface area contributed by atoms with Crippen LogP contribution in [-0.2, 0) is 9.53 Å². The number of aliphatic hydroxyl groups excluding tert-OH is 1. The number of ether oxygens (including phenoxy) is 1. The largest absolute Gasteiger partial charge is 0.510 e. The van der Waals surface area contributed by atoms with Gasteiger partial charge in [0.15, 0.2) is 0 Å². The second-order valence-corrected chi connectivity index (χ2v) is 7.39. The molecule has 1 aromatic rings. The first-order valence-electron chi connectivity index (χ1n) is 8.64. The van der Waals surface area contributed by atoms with E-state index in [1.807, 2.05) is 13.8 Å². The quantitative estimate of drug-likeness (QED) is 0.524. The third-order valence-corrected chi connectivity index (χ3v) is 5.15. The lowest BCUT2D eigenvalue weighted by molar-refractivity contribution is -0.189. The first-order chi connectivity index (χ1) is 12.6. The SMILES string of the molecule is Cc1cc(Cl)cc(C)c1/C=C(\O)[C@]1(NC=O)CC[C@@H](OCC(F)(F)F)CC1. The van der Waals surface area contributed by atoms with Gasteiger partial charge in [0.1, 0.15) is 12.4 Å². The third kappa shape index (κ3) is 5.62. The number of carbonyl (C=O) groups excluding carboxylic acids is 1. The molecule has 0 unspecified atom stereocenters. The zero-order valence-corrected chi connectivity index (χ0v) is 16.0. The van der Waals surface area contributed by atoms with E-state index in [9.17, 15) is 23.1 Å². The second kappa shape index (κ2) is 8.52. The maximum Gasteiger partial charge on any atom is 0.411 e.